The van der Waals surface area contributed by atoms with Crippen molar-refractivity contribution in [2.75, 3.05) is 6.61 Å². The normalized spacial score (nSPS) is 21.3. The van der Waals surface area contributed by atoms with E-state index in [2.05, 4.69) is 4.99 Å². The number of esters is 3. The second-order valence-electron chi connectivity index (χ2n) is 10.5. The Morgan fingerprint density at radius 2 is 1.54 bits per heavy atom. The van der Waals surface area contributed by atoms with Gasteiger partial charge in [-0.25, -0.2) is 4.79 Å². The van der Waals surface area contributed by atoms with Crippen LogP contribution in [0.1, 0.15) is 51.2 Å². The first-order chi connectivity index (χ1) is 21.7. The number of carbonyl (C=O) groups is 4. The molecule has 1 aliphatic rings. The summed E-state index contributed by atoms with van der Waals surface area (Å²) >= 11 is 0. The maximum atomic E-state index is 13.3. The Balaban J connectivity index is 2.26. The summed E-state index contributed by atoms with van der Waals surface area (Å²) in [5.74, 6) is -4.16. The Morgan fingerprint density at radius 3 is 2.13 bits per heavy atom. The number of carbonyl (C=O) groups excluding carboxylic acids is 3. The molecule has 2 heterocycles. The van der Waals surface area contributed by atoms with Crippen LogP contribution in [0, 0.1) is 0 Å². The summed E-state index contributed by atoms with van der Waals surface area (Å²) in [7, 11) is 2.42. The van der Waals surface area contributed by atoms with Gasteiger partial charge in [-0.2, -0.15) is 0 Å². The second kappa shape index (κ2) is 15.9. The third kappa shape index (κ3) is 9.10. The summed E-state index contributed by atoms with van der Waals surface area (Å²) in [6.07, 6.45) is -6.05. The van der Waals surface area contributed by atoms with Gasteiger partial charge in [-0.1, -0.05) is 30.3 Å². The molecule has 5 atom stereocenters. The largest absolute Gasteiger partial charge is 0.494 e. The molecule has 16 nitrogen and oxygen atoms in total. The molecule has 0 radical (unpaired) electrons. The first-order valence-corrected chi connectivity index (χ1v) is 14.3. The third-order valence-electron chi connectivity index (χ3n) is 6.96. The molecule has 1 aromatic carbocycles. The van der Waals surface area contributed by atoms with Crippen LogP contribution in [-0.2, 0) is 63.6 Å². The van der Waals surface area contributed by atoms with Crippen molar-refractivity contribution in [2.24, 2.45) is 19.1 Å². The molecule has 3 rings (SSSR count). The zero-order valence-electron chi connectivity index (χ0n) is 26.0. The molecule has 0 amide bonds. The fourth-order valence-corrected chi connectivity index (χ4v) is 4.84. The Bertz CT molecular complexity index is 1580. The van der Waals surface area contributed by atoms with Crippen molar-refractivity contribution < 1.29 is 53.1 Å². The molecule has 0 aliphatic carbocycles. The van der Waals surface area contributed by atoms with Crippen molar-refractivity contribution in [3.63, 3.8) is 0 Å². The van der Waals surface area contributed by atoms with Gasteiger partial charge in [0.05, 0.1) is 12.3 Å². The standard InChI is InChI=1S/C30H37N3O13/c1-16(34)42-15-21-25(44-17(2)35)26(45-18(3)36)24(29(46-21)43-14-19-10-7-6-8-11-19)31-20(12-9-13-22(37)38)23-27(39)32(4)30(41)33(5)28(23)40/h6-8,10-11,21,24-26,29,39H,9,12-15H2,1-5H3,(H,37,38)/t21-,24-,25-,26-,29+/m1/s1. The van der Waals surface area contributed by atoms with Gasteiger partial charge < -0.3 is 33.9 Å². The van der Waals surface area contributed by atoms with E-state index in [9.17, 15) is 39.0 Å². The number of aromatic hydroxyl groups is 1. The number of nitrogens with zero attached hydrogens (tertiary/aromatic N) is 3. The van der Waals surface area contributed by atoms with Crippen LogP contribution in [-0.4, -0.2) is 86.2 Å². The molecule has 0 saturated carbocycles. The number of aliphatic imine (C=N–C) groups is 1. The van der Waals surface area contributed by atoms with E-state index in [-0.39, 0.29) is 31.6 Å². The molecule has 1 fully saturated rings. The van der Waals surface area contributed by atoms with Crippen LogP contribution in [0.5, 0.6) is 5.88 Å². The fraction of sp³-hybridized carbons (Fsp3) is 0.500. The molecule has 0 spiro atoms. The molecule has 2 N–H and O–H groups in total. The highest BCUT2D eigenvalue weighted by Crippen LogP contribution is 2.31. The minimum atomic E-state index is -1.45. The van der Waals surface area contributed by atoms with E-state index in [0.717, 1.165) is 29.9 Å². The van der Waals surface area contributed by atoms with Crippen molar-refractivity contribution in [3.05, 3.63) is 62.3 Å². The summed E-state index contributed by atoms with van der Waals surface area (Å²) in [5.41, 5.74) is -1.62. The minimum Gasteiger partial charge on any atom is -0.494 e. The fourth-order valence-electron chi connectivity index (χ4n) is 4.84. The molecule has 0 unspecified atom stereocenters. The number of hydrogen-bond acceptors (Lipinski definition) is 13. The number of carboxylic acids is 1. The molecule has 250 valence electrons. The predicted octanol–water partition coefficient (Wildman–Crippen LogP) is 0.570. The van der Waals surface area contributed by atoms with E-state index in [4.69, 9.17) is 23.7 Å². The summed E-state index contributed by atoms with van der Waals surface area (Å²) in [6.45, 7) is 2.88. The average molecular weight is 648 g/mol. The van der Waals surface area contributed by atoms with Crippen LogP contribution in [0.3, 0.4) is 0 Å². The van der Waals surface area contributed by atoms with Crippen molar-refractivity contribution in [1.82, 2.24) is 9.13 Å². The SMILES string of the molecule is CC(=O)OC[C@H]1O[C@H](OCc2ccccc2)[C@H](N=C(CCCC(=O)O)c2c(O)n(C)c(=O)n(C)c2=O)[C@@H](OC(C)=O)[C@@H]1OC(C)=O. The summed E-state index contributed by atoms with van der Waals surface area (Å²) < 4.78 is 30.0. The van der Waals surface area contributed by atoms with E-state index in [1.807, 2.05) is 0 Å². The van der Waals surface area contributed by atoms with E-state index >= 15 is 0 Å². The number of aliphatic carboxylic acids is 1. The smallest absolute Gasteiger partial charge is 0.333 e. The molecule has 1 aliphatic heterocycles. The van der Waals surface area contributed by atoms with Gasteiger partial charge in [0.1, 0.15) is 24.3 Å². The Kier molecular flexibility index (Phi) is 12.4. The topological polar surface area (TPSA) is 211 Å². The van der Waals surface area contributed by atoms with E-state index in [0.29, 0.717) is 5.56 Å². The lowest BCUT2D eigenvalue weighted by Crippen LogP contribution is -2.61. The van der Waals surface area contributed by atoms with E-state index in [1.165, 1.54) is 14.1 Å². The molecule has 1 saturated heterocycles. The molecule has 46 heavy (non-hydrogen) atoms. The predicted molar refractivity (Wildman–Crippen MR) is 158 cm³/mol. The summed E-state index contributed by atoms with van der Waals surface area (Å²) in [4.78, 5) is 78.1. The van der Waals surface area contributed by atoms with Gasteiger partial charge in [0, 0.05) is 41.3 Å². The number of carboxylic acid groups (broad SMARTS) is 1. The van der Waals surface area contributed by atoms with Crippen LogP contribution in [0.15, 0.2) is 44.9 Å². The van der Waals surface area contributed by atoms with Crippen molar-refractivity contribution in [2.45, 2.75) is 77.3 Å². The van der Waals surface area contributed by atoms with Gasteiger partial charge in [-0.05, 0) is 18.4 Å². The lowest BCUT2D eigenvalue weighted by Gasteiger charge is -2.43. The van der Waals surface area contributed by atoms with Gasteiger partial charge >= 0.3 is 29.6 Å². The lowest BCUT2D eigenvalue weighted by molar-refractivity contribution is -0.276. The van der Waals surface area contributed by atoms with Crippen LogP contribution < -0.4 is 11.2 Å². The van der Waals surface area contributed by atoms with Gasteiger partial charge in [0.25, 0.3) is 5.56 Å². The van der Waals surface area contributed by atoms with Gasteiger partial charge in [-0.3, -0.25) is 38.1 Å². The molecule has 16 heteroatoms. The number of benzene rings is 1. The van der Waals surface area contributed by atoms with Crippen LogP contribution in [0.4, 0.5) is 0 Å². The van der Waals surface area contributed by atoms with Crippen LogP contribution >= 0.6 is 0 Å². The van der Waals surface area contributed by atoms with Gasteiger partial charge in [0.15, 0.2) is 18.5 Å². The van der Waals surface area contributed by atoms with Crippen molar-refractivity contribution in [1.29, 1.82) is 0 Å². The molecule has 0 bridgehead atoms. The summed E-state index contributed by atoms with van der Waals surface area (Å²) in [6, 6.07) is 7.49. The molecular weight excluding hydrogens is 610 g/mol. The molecular formula is C30H37N3O13. The van der Waals surface area contributed by atoms with Gasteiger partial charge in [-0.15, -0.1) is 0 Å². The van der Waals surface area contributed by atoms with Crippen molar-refractivity contribution >= 4 is 29.6 Å². The number of aromatic nitrogens is 2. The van der Waals surface area contributed by atoms with Crippen molar-refractivity contribution in [3.8, 4) is 5.88 Å². The first-order valence-electron chi connectivity index (χ1n) is 14.3. The van der Waals surface area contributed by atoms with Crippen LogP contribution in [0.2, 0.25) is 0 Å². The second-order valence-corrected chi connectivity index (χ2v) is 10.5. The Hall–Kier alpha value is -4.83. The lowest BCUT2D eigenvalue weighted by atomic mass is 9.95. The highest BCUT2D eigenvalue weighted by atomic mass is 16.7. The first kappa shape index (κ1) is 35.6. The quantitative estimate of drug-likeness (QED) is 0.173. The maximum Gasteiger partial charge on any atom is 0.333 e. The Labute approximate surface area is 263 Å². The van der Waals surface area contributed by atoms with E-state index < -0.39 is 83.8 Å². The number of ether oxygens (including phenoxy) is 5. The van der Waals surface area contributed by atoms with Crippen LogP contribution in [0.25, 0.3) is 0 Å². The zero-order chi connectivity index (χ0) is 34.1. The third-order valence-corrected chi connectivity index (χ3v) is 6.96. The number of hydrogen-bond donors (Lipinski definition) is 2. The molecule has 1 aromatic heterocycles. The monoisotopic (exact) mass is 647 g/mol. The zero-order valence-corrected chi connectivity index (χ0v) is 26.0. The summed E-state index contributed by atoms with van der Waals surface area (Å²) in [5, 5.41) is 20.2. The maximum absolute atomic E-state index is 13.3. The molecule has 2 aromatic rings. The highest BCUT2D eigenvalue weighted by Gasteiger charge is 2.51. The van der Waals surface area contributed by atoms with Gasteiger partial charge in [0.2, 0.25) is 5.88 Å². The minimum absolute atomic E-state index is 0.0515. The average Bonchev–Trinajstić information content (AvgIpc) is 2.99. The highest BCUT2D eigenvalue weighted by molar-refractivity contribution is 6.02. The van der Waals surface area contributed by atoms with E-state index in [1.54, 1.807) is 30.3 Å². The number of rotatable bonds is 13. The Morgan fingerprint density at radius 1 is 0.913 bits per heavy atom.